The summed E-state index contributed by atoms with van der Waals surface area (Å²) in [5.74, 6) is 0. The van der Waals surface area contributed by atoms with Crippen molar-refractivity contribution >= 4 is 102 Å². The zero-order chi connectivity index (χ0) is 38.1. The van der Waals surface area contributed by atoms with Gasteiger partial charge >= 0.3 is 102 Å². The van der Waals surface area contributed by atoms with Crippen LogP contribution in [-0.4, -0.2) is 52.4 Å². The zero-order valence-electron chi connectivity index (χ0n) is 28.3. The molecule has 6 atom stereocenters. The van der Waals surface area contributed by atoms with Gasteiger partial charge in [0, 0.05) is 0 Å². The Morgan fingerprint density at radius 3 is 1.10 bits per heavy atom. The fourth-order valence-electron chi connectivity index (χ4n) is 4.35. The van der Waals surface area contributed by atoms with Gasteiger partial charge in [0.05, 0.1) is 0 Å². The molecule has 270 valence electrons. The Morgan fingerprint density at radius 2 is 0.824 bits per heavy atom. The van der Waals surface area contributed by atoms with Crippen molar-refractivity contribution < 1.29 is 69.7 Å². The summed E-state index contributed by atoms with van der Waals surface area (Å²) in [5, 5.41) is 0. The molecule has 0 spiro atoms. The molecule has 0 saturated carbocycles. The van der Waals surface area contributed by atoms with Crippen molar-refractivity contribution in [2.24, 2.45) is 0 Å². The van der Waals surface area contributed by atoms with E-state index in [9.17, 15) is 56.8 Å². The Kier molecular flexibility index (Phi) is 29.4. The van der Waals surface area contributed by atoms with Crippen molar-refractivity contribution in [3.05, 3.63) is 83.4 Å². The summed E-state index contributed by atoms with van der Waals surface area (Å²) in [5.41, 5.74) is 9.87. The van der Waals surface area contributed by atoms with Crippen molar-refractivity contribution in [2.75, 3.05) is 0 Å². The van der Waals surface area contributed by atoms with Gasteiger partial charge in [-0.2, -0.15) is 0 Å². The van der Waals surface area contributed by atoms with Crippen LogP contribution in [0, 0.1) is 0 Å². The van der Waals surface area contributed by atoms with Crippen LogP contribution in [0.4, 0.5) is 0 Å². The van der Waals surface area contributed by atoms with Crippen LogP contribution in [0.25, 0.3) is 22.3 Å². The van der Waals surface area contributed by atoms with E-state index in [4.69, 9.17) is 0 Å². The van der Waals surface area contributed by atoms with Gasteiger partial charge in [-0.3, -0.25) is 0 Å². The second kappa shape index (κ2) is 27.3. The number of benzene rings is 3. The molecule has 0 aliphatic carbocycles. The molecule has 0 amide bonds. The molecule has 23 heteroatoms. The van der Waals surface area contributed by atoms with E-state index < -0.39 is 49.5 Å². The summed E-state index contributed by atoms with van der Waals surface area (Å²) < 4.78 is 64.9. The molecule has 6 unspecified atom stereocenters. The molecule has 0 fully saturated rings. The third-order valence-electron chi connectivity index (χ3n) is 5.91. The third kappa shape index (κ3) is 23.9. The smallest absolute Gasteiger partial charge is 0.563 e. The summed E-state index contributed by atoms with van der Waals surface area (Å²) >= 11 is 0. The minimum atomic E-state index is -3.24. The van der Waals surface area contributed by atoms with Crippen LogP contribution in [0.2, 0.25) is 0 Å². The van der Waals surface area contributed by atoms with Gasteiger partial charge in [0.2, 0.25) is 0 Å². The average Bonchev–Trinajstić information content (AvgIpc) is 2.95. The van der Waals surface area contributed by atoms with Gasteiger partial charge in [0.1, 0.15) is 12.9 Å². The molecule has 4 radical (unpaired) electrons. The van der Waals surface area contributed by atoms with Crippen molar-refractivity contribution in [2.45, 2.75) is 65.7 Å². The van der Waals surface area contributed by atoms with Crippen LogP contribution < -0.4 is 29.4 Å². The zero-order valence-corrected chi connectivity index (χ0v) is 40.6. The van der Waals surface area contributed by atoms with Gasteiger partial charge < -0.3 is 29.4 Å². The first kappa shape index (κ1) is 55.0. The standard InChI is InChI=1S/C28H34.2Bi.3O5P2/c1-8-20-18-19-24(27(2,3)4)25(26(20)28(5,6)7)23-16-14-22(15-17-23)21-12-10-9-11-13-21;;;3*1-6(2)5-7(3)4/h9-19H,8H2,1-7H3;;;;;/q;2*+3;;;. The van der Waals surface area contributed by atoms with Crippen molar-refractivity contribution in [3.63, 3.8) is 0 Å². The number of hydrogen-bond donors (Lipinski definition) is 0. The van der Waals surface area contributed by atoms with Crippen molar-refractivity contribution in [1.29, 1.82) is 0 Å². The molecule has 0 aromatic heterocycles. The van der Waals surface area contributed by atoms with Gasteiger partial charge in [-0.25, -0.2) is 0 Å². The van der Waals surface area contributed by atoms with Crippen molar-refractivity contribution in [1.82, 2.24) is 0 Å². The minimum absolute atomic E-state index is 0. The van der Waals surface area contributed by atoms with Gasteiger partial charge in [-0.15, -0.1) is 0 Å². The van der Waals surface area contributed by atoms with E-state index in [1.807, 2.05) is 0 Å². The molecule has 51 heavy (non-hydrogen) atoms. The molecule has 3 aromatic rings. The van der Waals surface area contributed by atoms with E-state index in [-0.39, 0.29) is 63.2 Å². The SMILES string of the molecule is CCc1ccc(C(C)(C)C)c(-c2ccc(-c3ccccc3)cc2)c1C(C)(C)C.O=[P+]([O-])O[P+](=O)[O-].O=[P+]([O-])O[P+](=O)[O-].O=[P+]([O-])O[P+](=O)[O-].[Bi+3].[Bi+3]. The predicted molar refractivity (Wildman–Crippen MR) is 184 cm³/mol. The molecule has 3 aromatic carbocycles. The van der Waals surface area contributed by atoms with Crippen LogP contribution >= 0.6 is 49.5 Å². The van der Waals surface area contributed by atoms with Crippen LogP contribution in [0.1, 0.15) is 65.2 Å². The second-order valence-corrected chi connectivity index (χ2v) is 16.0. The first-order valence-electron chi connectivity index (χ1n) is 13.7. The summed E-state index contributed by atoms with van der Waals surface area (Å²) in [6.45, 7) is 16.3. The van der Waals surface area contributed by atoms with Crippen LogP contribution in [0.5, 0.6) is 0 Å². The van der Waals surface area contributed by atoms with Gasteiger partial charge in [-0.1, -0.05) is 115 Å². The van der Waals surface area contributed by atoms with Crippen LogP contribution in [0.3, 0.4) is 0 Å². The molecule has 3 rings (SSSR count). The Bertz CT molecular complexity index is 1520. The third-order valence-corrected chi connectivity index (χ3v) is 9.11. The summed E-state index contributed by atoms with van der Waals surface area (Å²) in [6, 6.07) is 24.5. The Hall–Kier alpha value is -0.334. The minimum Gasteiger partial charge on any atom is -0.563 e. The van der Waals surface area contributed by atoms with Gasteiger partial charge in [0.25, 0.3) is 0 Å². The number of hydrogen-bond acceptors (Lipinski definition) is 15. The van der Waals surface area contributed by atoms with E-state index in [2.05, 4.69) is 128 Å². The van der Waals surface area contributed by atoms with E-state index in [1.165, 1.54) is 38.9 Å². The molecule has 0 saturated heterocycles. The molecule has 0 heterocycles. The predicted octanol–water partition coefficient (Wildman–Crippen LogP) is 4.53. The molecular weight excluding hydrogens is 1180 g/mol. The molecule has 0 bridgehead atoms. The number of rotatable bonds is 9. The molecular formula is C28H34Bi2O15P6+6. The fraction of sp³-hybridized carbons (Fsp3) is 0.357. The quantitative estimate of drug-likeness (QED) is 0.210. The van der Waals surface area contributed by atoms with Crippen molar-refractivity contribution in [3.8, 4) is 22.3 Å². The summed E-state index contributed by atoms with van der Waals surface area (Å²) in [7, 11) is -19.4. The van der Waals surface area contributed by atoms with E-state index in [0.717, 1.165) is 6.42 Å². The maximum Gasteiger partial charge on any atom is 3.00 e. The van der Waals surface area contributed by atoms with Gasteiger partial charge in [0.15, 0.2) is 0 Å². The molecule has 0 N–H and O–H groups in total. The molecule has 0 aliphatic heterocycles. The normalized spacial score (nSPS) is 12.3. The first-order chi connectivity index (χ1) is 22.5. The maximum atomic E-state index is 9.24. The fourth-order valence-corrected chi connectivity index (χ4v) is 5.65. The van der Waals surface area contributed by atoms with E-state index >= 15 is 0 Å². The second-order valence-electron chi connectivity index (χ2n) is 11.4. The summed E-state index contributed by atoms with van der Waals surface area (Å²) in [6.07, 6.45) is 1.06. The Labute approximate surface area is 340 Å². The monoisotopic (exact) mass is 1210 g/mol. The van der Waals surface area contributed by atoms with Gasteiger partial charge in [-0.05, 0) is 83.6 Å². The first-order valence-corrected chi connectivity index (χ1v) is 20.3. The molecule has 0 aliphatic rings. The maximum absolute atomic E-state index is 9.24. The topological polar surface area (TPSA) is 268 Å². The average molecular weight is 1210 g/mol. The van der Waals surface area contributed by atoms with E-state index in [0.29, 0.717) is 0 Å². The van der Waals surface area contributed by atoms with E-state index in [1.54, 1.807) is 0 Å². The van der Waals surface area contributed by atoms with Crippen LogP contribution in [0.15, 0.2) is 66.7 Å². The Balaban J connectivity index is -0.000000822. The van der Waals surface area contributed by atoms with Crippen LogP contribution in [-0.2, 0) is 57.6 Å². The largest absolute Gasteiger partial charge is 3.00 e. The Morgan fingerprint density at radius 1 is 0.490 bits per heavy atom. The summed E-state index contributed by atoms with van der Waals surface area (Å²) in [4.78, 5) is 55.4. The molecule has 15 nitrogen and oxygen atoms in total. The number of aryl methyl sites for hydroxylation is 1.